The predicted molar refractivity (Wildman–Crippen MR) is 157 cm³/mol. The van der Waals surface area contributed by atoms with Crippen LogP contribution in [0, 0.1) is 6.92 Å². The van der Waals surface area contributed by atoms with Gasteiger partial charge < -0.3 is 15.1 Å². The average molecular weight is 588 g/mol. The fraction of sp³-hybridized carbons (Fsp3) is 0.133. The lowest BCUT2D eigenvalue weighted by atomic mass is 10.2. The zero-order valence-corrected chi connectivity index (χ0v) is 23.5. The third-order valence-electron chi connectivity index (χ3n) is 5.91. The van der Waals surface area contributed by atoms with Gasteiger partial charge in [0.25, 0.3) is 5.91 Å². The van der Waals surface area contributed by atoms with Crippen molar-refractivity contribution in [1.29, 1.82) is 0 Å². The van der Waals surface area contributed by atoms with Crippen LogP contribution in [0.2, 0.25) is 0 Å². The van der Waals surface area contributed by atoms with E-state index in [4.69, 9.17) is 4.42 Å². The van der Waals surface area contributed by atoms with Gasteiger partial charge in [-0.3, -0.25) is 14.4 Å². The molecule has 11 nitrogen and oxygen atoms in total. The van der Waals surface area contributed by atoms with Gasteiger partial charge in [0.2, 0.25) is 10.0 Å². The summed E-state index contributed by atoms with van der Waals surface area (Å²) in [5, 5.41) is 8.83. The molecule has 0 fully saturated rings. The van der Waals surface area contributed by atoms with Crippen molar-refractivity contribution in [3.63, 3.8) is 0 Å². The van der Waals surface area contributed by atoms with Crippen LogP contribution in [0.1, 0.15) is 22.6 Å². The maximum atomic E-state index is 13.3. The first-order valence-electron chi connectivity index (χ1n) is 12.9. The van der Waals surface area contributed by atoms with E-state index in [-0.39, 0.29) is 23.7 Å². The van der Waals surface area contributed by atoms with Crippen molar-refractivity contribution in [2.75, 3.05) is 11.9 Å². The number of hydrogen-bond donors (Lipinski definition) is 3. The molecule has 0 bridgehead atoms. The Labute approximate surface area is 243 Å². The largest absolute Gasteiger partial charge is 0.458 e. The van der Waals surface area contributed by atoms with Crippen LogP contribution in [0.3, 0.4) is 0 Å². The Morgan fingerprint density at radius 2 is 1.52 bits per heavy atom. The summed E-state index contributed by atoms with van der Waals surface area (Å²) in [4.78, 5) is 36.9. The van der Waals surface area contributed by atoms with Gasteiger partial charge in [0.15, 0.2) is 0 Å². The van der Waals surface area contributed by atoms with Gasteiger partial charge in [-0.25, -0.2) is 13.8 Å². The molecule has 0 saturated heterocycles. The highest BCUT2D eigenvalue weighted by Crippen LogP contribution is 2.18. The Bertz CT molecular complexity index is 1650. The molecule has 0 aliphatic heterocycles. The van der Waals surface area contributed by atoms with E-state index in [1.807, 2.05) is 25.1 Å². The van der Waals surface area contributed by atoms with Crippen molar-refractivity contribution in [2.45, 2.75) is 24.9 Å². The van der Waals surface area contributed by atoms with E-state index in [1.165, 1.54) is 18.3 Å². The molecule has 0 unspecified atom stereocenters. The number of benzene rings is 3. The van der Waals surface area contributed by atoms with E-state index >= 15 is 0 Å². The van der Waals surface area contributed by atoms with E-state index in [9.17, 15) is 22.8 Å². The molecule has 3 amide bonds. The van der Waals surface area contributed by atoms with Gasteiger partial charge in [0, 0.05) is 12.2 Å². The number of furan rings is 1. The van der Waals surface area contributed by atoms with Crippen LogP contribution < -0.4 is 16.1 Å². The molecule has 0 saturated carbocycles. The maximum absolute atomic E-state index is 13.3. The second-order valence-electron chi connectivity index (χ2n) is 9.17. The molecule has 1 aromatic heterocycles. The molecule has 216 valence electrons. The third-order valence-corrected chi connectivity index (χ3v) is 7.71. The topological polar surface area (TPSA) is 150 Å². The molecular formula is C30H29N5O6S. The fourth-order valence-electron chi connectivity index (χ4n) is 3.75. The SMILES string of the molecule is Cc1ccc(NC(=O)C(=O)NCc2ccc(/C=N\NC(=O)CN(Cc3ccccc3)S(=O)(=O)c3ccccc3)o2)cc1. The van der Waals surface area contributed by atoms with Crippen LogP contribution >= 0.6 is 0 Å². The highest BCUT2D eigenvalue weighted by Gasteiger charge is 2.26. The number of nitrogens with one attached hydrogen (secondary N) is 3. The van der Waals surface area contributed by atoms with E-state index in [1.54, 1.807) is 66.7 Å². The maximum Gasteiger partial charge on any atom is 0.313 e. The Morgan fingerprint density at radius 1 is 0.857 bits per heavy atom. The summed E-state index contributed by atoms with van der Waals surface area (Å²) >= 11 is 0. The third kappa shape index (κ3) is 8.46. The van der Waals surface area contributed by atoms with Gasteiger partial charge in [0.05, 0.1) is 24.2 Å². The highest BCUT2D eigenvalue weighted by atomic mass is 32.2. The molecule has 42 heavy (non-hydrogen) atoms. The van der Waals surface area contributed by atoms with Crippen LogP contribution in [0.25, 0.3) is 0 Å². The molecule has 0 aliphatic carbocycles. The Hall–Kier alpha value is -5.07. The summed E-state index contributed by atoms with van der Waals surface area (Å²) in [5.74, 6) is -1.69. The van der Waals surface area contributed by atoms with Crippen LogP contribution in [-0.4, -0.2) is 43.2 Å². The number of anilines is 1. The molecule has 4 rings (SSSR count). The summed E-state index contributed by atoms with van der Waals surface area (Å²) in [5.41, 5.74) is 4.56. The van der Waals surface area contributed by atoms with Gasteiger partial charge in [-0.1, -0.05) is 66.2 Å². The van der Waals surface area contributed by atoms with Crippen molar-refractivity contribution in [3.05, 3.63) is 120 Å². The number of rotatable bonds is 11. The van der Waals surface area contributed by atoms with Gasteiger partial charge in [0.1, 0.15) is 11.5 Å². The Morgan fingerprint density at radius 3 is 2.21 bits per heavy atom. The van der Waals surface area contributed by atoms with Crippen LogP contribution in [0.4, 0.5) is 5.69 Å². The fourth-order valence-corrected chi connectivity index (χ4v) is 5.15. The molecule has 1 heterocycles. The molecule has 4 aromatic rings. The minimum absolute atomic E-state index is 0.00842. The molecule has 12 heteroatoms. The van der Waals surface area contributed by atoms with Gasteiger partial charge in [-0.05, 0) is 48.9 Å². The smallest absolute Gasteiger partial charge is 0.313 e. The first kappa shape index (κ1) is 29.9. The second kappa shape index (κ2) is 14.0. The van der Waals surface area contributed by atoms with Gasteiger partial charge >= 0.3 is 11.8 Å². The predicted octanol–water partition coefficient (Wildman–Crippen LogP) is 3.18. The lowest BCUT2D eigenvalue weighted by molar-refractivity contribution is -0.136. The summed E-state index contributed by atoms with van der Waals surface area (Å²) in [6.45, 7) is 1.39. The monoisotopic (exact) mass is 587 g/mol. The van der Waals surface area contributed by atoms with Crippen LogP contribution in [0.5, 0.6) is 0 Å². The number of carbonyl (C=O) groups excluding carboxylic acids is 3. The van der Waals surface area contributed by atoms with Crippen molar-refractivity contribution in [3.8, 4) is 0 Å². The minimum atomic E-state index is -3.97. The molecule has 0 aliphatic rings. The Balaban J connectivity index is 1.30. The minimum Gasteiger partial charge on any atom is -0.458 e. The van der Waals surface area contributed by atoms with Crippen molar-refractivity contribution in [2.24, 2.45) is 5.10 Å². The quantitative estimate of drug-likeness (QED) is 0.139. The molecule has 3 N–H and O–H groups in total. The highest BCUT2D eigenvalue weighted by molar-refractivity contribution is 7.89. The number of carbonyl (C=O) groups is 3. The number of aryl methyl sites for hydroxylation is 1. The molecule has 0 atom stereocenters. The number of hydrazone groups is 1. The second-order valence-corrected chi connectivity index (χ2v) is 11.1. The number of amides is 3. The van der Waals surface area contributed by atoms with Crippen molar-refractivity contribution >= 4 is 39.6 Å². The number of nitrogens with zero attached hydrogens (tertiary/aromatic N) is 2. The molecular weight excluding hydrogens is 558 g/mol. The van der Waals surface area contributed by atoms with E-state index in [0.717, 1.165) is 15.4 Å². The number of hydrogen-bond acceptors (Lipinski definition) is 7. The van der Waals surface area contributed by atoms with Crippen molar-refractivity contribution in [1.82, 2.24) is 15.0 Å². The molecule has 0 radical (unpaired) electrons. The summed E-state index contributed by atoms with van der Waals surface area (Å²) in [6, 6.07) is 27.0. The first-order valence-corrected chi connectivity index (χ1v) is 14.3. The lowest BCUT2D eigenvalue weighted by Crippen LogP contribution is -2.39. The normalized spacial score (nSPS) is 11.4. The van der Waals surface area contributed by atoms with Gasteiger partial charge in [-0.15, -0.1) is 0 Å². The molecule has 0 spiro atoms. The standard InChI is InChI=1S/C30H29N5O6S/c1-22-12-14-24(15-13-22)33-30(38)29(37)31-18-25-16-17-26(41-25)19-32-34-28(36)21-35(20-23-8-4-2-5-9-23)42(39,40)27-10-6-3-7-11-27/h2-17,19H,18,20-21H2,1H3,(H,31,37)(H,33,38)(H,34,36)/b32-19-. The van der Waals surface area contributed by atoms with E-state index in [0.29, 0.717) is 11.4 Å². The zero-order chi connectivity index (χ0) is 30.0. The zero-order valence-electron chi connectivity index (χ0n) is 22.7. The summed E-state index contributed by atoms with van der Waals surface area (Å²) in [6.07, 6.45) is 1.24. The van der Waals surface area contributed by atoms with Gasteiger partial charge in [-0.2, -0.15) is 9.41 Å². The van der Waals surface area contributed by atoms with E-state index in [2.05, 4.69) is 21.2 Å². The average Bonchev–Trinajstić information content (AvgIpc) is 3.45. The van der Waals surface area contributed by atoms with E-state index < -0.39 is 34.3 Å². The first-order chi connectivity index (χ1) is 20.2. The summed E-state index contributed by atoms with van der Waals surface area (Å²) < 4.78 is 33.1. The van der Waals surface area contributed by atoms with Crippen molar-refractivity contribution < 1.29 is 27.2 Å². The summed E-state index contributed by atoms with van der Waals surface area (Å²) in [7, 11) is -3.97. The lowest BCUT2D eigenvalue weighted by Gasteiger charge is -2.21. The molecule has 3 aromatic carbocycles. The van der Waals surface area contributed by atoms with Crippen LogP contribution in [-0.2, 0) is 37.5 Å². The van der Waals surface area contributed by atoms with Crippen LogP contribution in [0.15, 0.2) is 111 Å². The number of sulfonamides is 1. The Kier molecular flexibility index (Phi) is 9.98.